The number of nitrogens with one attached hydrogen (secondary N) is 2. The summed E-state index contributed by atoms with van der Waals surface area (Å²) in [5.74, 6) is -1.55. The molecule has 28 heavy (non-hydrogen) atoms. The number of benzene rings is 2. The molecule has 2 aromatic carbocycles. The Kier molecular flexibility index (Phi) is 6.87. The molecule has 9 heteroatoms. The minimum atomic E-state index is -3.90. The summed E-state index contributed by atoms with van der Waals surface area (Å²) >= 11 is 0. The molecule has 2 rings (SSSR count). The van der Waals surface area contributed by atoms with Crippen molar-refractivity contribution < 1.29 is 22.7 Å². The fraction of sp³-hybridized carbons (Fsp3) is 0.211. The fourth-order valence-electron chi connectivity index (χ4n) is 2.20. The molecule has 1 amide bonds. The lowest BCUT2D eigenvalue weighted by atomic mass is 10.2. The molecule has 1 atom stereocenters. The van der Waals surface area contributed by atoms with Gasteiger partial charge >= 0.3 is 5.97 Å². The Morgan fingerprint density at radius 3 is 2.43 bits per heavy atom. The summed E-state index contributed by atoms with van der Waals surface area (Å²) < 4.78 is 31.6. The van der Waals surface area contributed by atoms with Crippen LogP contribution in [0.1, 0.15) is 18.1 Å². The quantitative estimate of drug-likeness (QED) is 0.681. The van der Waals surface area contributed by atoms with Crippen LogP contribution in [0.2, 0.25) is 0 Å². The van der Waals surface area contributed by atoms with Crippen molar-refractivity contribution in [2.75, 3.05) is 11.9 Å². The Morgan fingerprint density at radius 2 is 1.79 bits per heavy atom. The smallest absolute Gasteiger partial charge is 0.324 e. The van der Waals surface area contributed by atoms with Gasteiger partial charge in [0.15, 0.2) is 6.61 Å². The molecule has 2 aromatic rings. The Morgan fingerprint density at radius 1 is 1.14 bits per heavy atom. The summed E-state index contributed by atoms with van der Waals surface area (Å²) in [6.45, 7) is 2.52. The number of amides is 1. The van der Waals surface area contributed by atoms with Crippen LogP contribution in [0.15, 0.2) is 53.4 Å². The fourth-order valence-corrected chi connectivity index (χ4v) is 3.40. The molecular weight excluding hydrogens is 382 g/mol. The number of esters is 1. The van der Waals surface area contributed by atoms with E-state index in [9.17, 15) is 18.0 Å². The molecule has 0 saturated carbocycles. The zero-order valence-electron chi connectivity index (χ0n) is 15.3. The third-order valence-electron chi connectivity index (χ3n) is 3.68. The van der Waals surface area contributed by atoms with Crippen molar-refractivity contribution in [2.24, 2.45) is 0 Å². The molecule has 0 aromatic heterocycles. The highest BCUT2D eigenvalue weighted by Crippen LogP contribution is 2.13. The number of ether oxygens (including phenoxy) is 1. The standard InChI is InChI=1S/C19H19N3O5S/c1-13-7-9-16(10-8-13)28(25,26)22-14(2)19(24)27-12-18(23)21-17-6-4-3-5-15(17)11-20/h3-10,14,22H,12H2,1-2H3,(H,21,23)/t14-/m0/s1. The summed E-state index contributed by atoms with van der Waals surface area (Å²) in [6, 6.07) is 13.2. The minimum Gasteiger partial charge on any atom is -0.454 e. The molecule has 146 valence electrons. The van der Waals surface area contributed by atoms with E-state index in [1.807, 2.05) is 13.0 Å². The van der Waals surface area contributed by atoms with Crippen molar-refractivity contribution in [3.63, 3.8) is 0 Å². The van der Waals surface area contributed by atoms with Crippen LogP contribution >= 0.6 is 0 Å². The van der Waals surface area contributed by atoms with Gasteiger partial charge in [0.25, 0.3) is 5.91 Å². The van der Waals surface area contributed by atoms with Crippen LogP contribution in [0.5, 0.6) is 0 Å². The van der Waals surface area contributed by atoms with Crippen LogP contribution in [0.25, 0.3) is 0 Å². The molecule has 0 aliphatic heterocycles. The number of sulfonamides is 1. The minimum absolute atomic E-state index is 0.0172. The van der Waals surface area contributed by atoms with Gasteiger partial charge in [-0.2, -0.15) is 9.98 Å². The maximum atomic E-state index is 12.3. The SMILES string of the molecule is Cc1ccc(S(=O)(=O)N[C@@H](C)C(=O)OCC(=O)Nc2ccccc2C#N)cc1. The van der Waals surface area contributed by atoms with Crippen molar-refractivity contribution in [3.05, 3.63) is 59.7 Å². The van der Waals surface area contributed by atoms with Crippen molar-refractivity contribution in [1.82, 2.24) is 4.72 Å². The molecule has 0 heterocycles. The lowest BCUT2D eigenvalue weighted by molar-refractivity contribution is -0.148. The van der Waals surface area contributed by atoms with Crippen LogP contribution in [0.3, 0.4) is 0 Å². The first-order valence-corrected chi connectivity index (χ1v) is 9.76. The summed E-state index contributed by atoms with van der Waals surface area (Å²) in [7, 11) is -3.90. The van der Waals surface area contributed by atoms with Gasteiger partial charge in [0.05, 0.1) is 16.1 Å². The van der Waals surface area contributed by atoms with Crippen LogP contribution < -0.4 is 10.0 Å². The number of anilines is 1. The van der Waals surface area contributed by atoms with Gasteiger partial charge in [-0.15, -0.1) is 0 Å². The highest BCUT2D eigenvalue weighted by atomic mass is 32.2. The van der Waals surface area contributed by atoms with Gasteiger partial charge in [-0.3, -0.25) is 9.59 Å². The molecule has 0 spiro atoms. The molecule has 8 nitrogen and oxygen atoms in total. The van der Waals surface area contributed by atoms with Crippen molar-refractivity contribution >= 4 is 27.6 Å². The van der Waals surface area contributed by atoms with Gasteiger partial charge in [0, 0.05) is 0 Å². The first-order chi connectivity index (χ1) is 13.2. The van der Waals surface area contributed by atoms with E-state index in [-0.39, 0.29) is 10.5 Å². The van der Waals surface area contributed by atoms with Crippen LogP contribution in [0, 0.1) is 18.3 Å². The topological polar surface area (TPSA) is 125 Å². The number of hydrogen-bond donors (Lipinski definition) is 2. The predicted molar refractivity (Wildman–Crippen MR) is 102 cm³/mol. The van der Waals surface area contributed by atoms with E-state index in [0.717, 1.165) is 5.56 Å². The second-order valence-electron chi connectivity index (χ2n) is 5.97. The largest absolute Gasteiger partial charge is 0.454 e. The zero-order chi connectivity index (χ0) is 20.7. The zero-order valence-corrected chi connectivity index (χ0v) is 16.1. The Balaban J connectivity index is 1.91. The highest BCUT2D eigenvalue weighted by Gasteiger charge is 2.23. The summed E-state index contributed by atoms with van der Waals surface area (Å²) in [6.07, 6.45) is 0. The Bertz CT molecular complexity index is 1010. The predicted octanol–water partition coefficient (Wildman–Crippen LogP) is 1.72. The number of rotatable bonds is 7. The first-order valence-electron chi connectivity index (χ1n) is 8.27. The van der Waals surface area contributed by atoms with E-state index in [2.05, 4.69) is 10.0 Å². The van der Waals surface area contributed by atoms with Gasteiger partial charge in [-0.05, 0) is 38.1 Å². The maximum absolute atomic E-state index is 12.3. The molecule has 0 unspecified atom stereocenters. The number of nitrogens with zero attached hydrogens (tertiary/aromatic N) is 1. The van der Waals surface area contributed by atoms with Crippen LogP contribution in [-0.2, 0) is 24.3 Å². The van der Waals surface area contributed by atoms with Gasteiger partial charge < -0.3 is 10.1 Å². The number of hydrogen-bond acceptors (Lipinski definition) is 6. The Labute approximate surface area is 163 Å². The van der Waals surface area contributed by atoms with E-state index in [1.54, 1.807) is 24.3 Å². The van der Waals surface area contributed by atoms with Crippen molar-refractivity contribution in [1.29, 1.82) is 5.26 Å². The number of carbonyl (C=O) groups excluding carboxylic acids is 2. The number of aryl methyl sites for hydroxylation is 1. The van der Waals surface area contributed by atoms with Gasteiger partial charge in [-0.1, -0.05) is 29.8 Å². The lowest BCUT2D eigenvalue weighted by Gasteiger charge is -2.14. The van der Waals surface area contributed by atoms with E-state index < -0.39 is 34.5 Å². The van der Waals surface area contributed by atoms with Crippen molar-refractivity contribution in [3.8, 4) is 6.07 Å². The maximum Gasteiger partial charge on any atom is 0.324 e. The second kappa shape index (κ2) is 9.12. The van der Waals surface area contributed by atoms with E-state index in [1.165, 1.54) is 31.2 Å². The molecule has 0 saturated heterocycles. The molecule has 0 aliphatic rings. The second-order valence-corrected chi connectivity index (χ2v) is 7.68. The monoisotopic (exact) mass is 401 g/mol. The average molecular weight is 401 g/mol. The Hall–Kier alpha value is -3.22. The molecular formula is C19H19N3O5S. The lowest BCUT2D eigenvalue weighted by Crippen LogP contribution is -2.40. The molecule has 0 aliphatic carbocycles. The molecule has 2 N–H and O–H groups in total. The number of nitriles is 1. The molecule has 0 radical (unpaired) electrons. The molecule has 0 fully saturated rings. The number of carbonyl (C=O) groups is 2. The number of para-hydroxylation sites is 1. The van der Waals surface area contributed by atoms with Gasteiger partial charge in [-0.25, -0.2) is 8.42 Å². The van der Waals surface area contributed by atoms with Crippen LogP contribution in [-0.4, -0.2) is 32.9 Å². The first kappa shape index (κ1) is 21.1. The van der Waals surface area contributed by atoms with Crippen molar-refractivity contribution in [2.45, 2.75) is 24.8 Å². The van der Waals surface area contributed by atoms with E-state index >= 15 is 0 Å². The van der Waals surface area contributed by atoms with Gasteiger partial charge in [0.2, 0.25) is 10.0 Å². The average Bonchev–Trinajstić information content (AvgIpc) is 2.66. The third kappa shape index (κ3) is 5.64. The summed E-state index contributed by atoms with van der Waals surface area (Å²) in [5, 5.41) is 11.4. The van der Waals surface area contributed by atoms with E-state index in [0.29, 0.717) is 5.69 Å². The molecule has 0 bridgehead atoms. The van der Waals surface area contributed by atoms with Crippen LogP contribution in [0.4, 0.5) is 5.69 Å². The highest BCUT2D eigenvalue weighted by molar-refractivity contribution is 7.89. The summed E-state index contributed by atoms with van der Waals surface area (Å²) in [4.78, 5) is 23.9. The summed E-state index contributed by atoms with van der Waals surface area (Å²) in [5.41, 5.74) is 1.45. The van der Waals surface area contributed by atoms with Gasteiger partial charge in [0.1, 0.15) is 12.1 Å². The normalized spacial score (nSPS) is 11.9. The van der Waals surface area contributed by atoms with E-state index in [4.69, 9.17) is 10.00 Å². The third-order valence-corrected chi connectivity index (χ3v) is 5.24.